The third-order valence-corrected chi connectivity index (χ3v) is 9.40. The number of hydrogen-bond donors (Lipinski definition) is 4. The normalized spacial score (nSPS) is 21.9. The molecule has 2 aliphatic heterocycles. The lowest BCUT2D eigenvalue weighted by Crippen LogP contribution is -2.55. The summed E-state index contributed by atoms with van der Waals surface area (Å²) in [7, 11) is 0. The minimum atomic E-state index is -1.54. The molecule has 5 rings (SSSR count). The molecule has 3 heterocycles. The molecule has 5 atom stereocenters. The zero-order chi connectivity index (χ0) is 31.4. The van der Waals surface area contributed by atoms with Crippen molar-refractivity contribution in [3.05, 3.63) is 83.2 Å². The van der Waals surface area contributed by atoms with Gasteiger partial charge in [0.05, 0.1) is 24.2 Å². The summed E-state index contributed by atoms with van der Waals surface area (Å²) < 4.78 is 10.2. The van der Waals surface area contributed by atoms with E-state index in [4.69, 9.17) is 9.26 Å². The highest BCUT2D eigenvalue weighted by Gasteiger charge is 2.49. The number of aryl methyl sites for hydroxylation is 1. The fourth-order valence-corrected chi connectivity index (χ4v) is 6.86. The van der Waals surface area contributed by atoms with Crippen LogP contribution in [-0.2, 0) is 27.3 Å². The first-order chi connectivity index (χ1) is 21.0. The second-order valence-corrected chi connectivity index (χ2v) is 13.4. The highest BCUT2D eigenvalue weighted by atomic mass is 32.2. The molecule has 0 unspecified atom stereocenters. The Balaban J connectivity index is 1.31. The van der Waals surface area contributed by atoms with E-state index < -0.39 is 46.8 Å². The van der Waals surface area contributed by atoms with Gasteiger partial charge in [-0.05, 0) is 45.2 Å². The lowest BCUT2D eigenvalue weighted by molar-refractivity contribution is -0.147. The highest BCUT2D eigenvalue weighted by molar-refractivity contribution is 8.00. The second-order valence-electron chi connectivity index (χ2n) is 11.8. The van der Waals surface area contributed by atoms with Crippen LogP contribution in [0.15, 0.2) is 65.2 Å². The fourth-order valence-electron chi connectivity index (χ4n) is 5.72. The molecule has 3 amide bonds. The molecule has 4 N–H and O–H groups in total. The Kier molecular flexibility index (Phi) is 9.62. The summed E-state index contributed by atoms with van der Waals surface area (Å²) in [6.45, 7) is 5.67. The van der Waals surface area contributed by atoms with Crippen molar-refractivity contribution in [1.29, 1.82) is 0 Å². The van der Waals surface area contributed by atoms with Gasteiger partial charge in [0.1, 0.15) is 30.6 Å². The van der Waals surface area contributed by atoms with E-state index in [1.165, 1.54) is 16.7 Å². The summed E-state index contributed by atoms with van der Waals surface area (Å²) >= 11 is 1.44. The average molecular weight is 623 g/mol. The number of aliphatic hydroxyl groups excluding tert-OH is 2. The SMILES string of the molecule is Cc1cc(CNC(=O)[C@H]2N(C(=O)[C@@H](O)C[C@@H](Cc3ccccc3)C(=O)N[C@H]3c4ccccc4OC[C@H]3O)CSC2(C)C)on1. The number of nitrogens with one attached hydrogen (secondary N) is 2. The van der Waals surface area contributed by atoms with Gasteiger partial charge in [0.25, 0.3) is 5.91 Å². The zero-order valence-corrected chi connectivity index (χ0v) is 25.8. The maximum Gasteiger partial charge on any atom is 0.252 e. The quantitative estimate of drug-likeness (QED) is 0.267. The molecule has 0 aliphatic carbocycles. The van der Waals surface area contributed by atoms with Crippen LogP contribution in [0, 0.1) is 12.8 Å². The smallest absolute Gasteiger partial charge is 0.252 e. The number of aliphatic hydroxyl groups is 2. The molecule has 11 nitrogen and oxygen atoms in total. The summed E-state index contributed by atoms with van der Waals surface area (Å²) in [6, 6.07) is 16.7. The van der Waals surface area contributed by atoms with E-state index in [9.17, 15) is 24.6 Å². The number of fused-ring (bicyclic) bond motifs is 1. The molecule has 0 bridgehead atoms. The Morgan fingerprint density at radius 3 is 2.59 bits per heavy atom. The topological polar surface area (TPSA) is 154 Å². The monoisotopic (exact) mass is 622 g/mol. The van der Waals surface area contributed by atoms with Crippen LogP contribution in [0.3, 0.4) is 0 Å². The molecule has 0 saturated carbocycles. The van der Waals surface area contributed by atoms with Gasteiger partial charge in [-0.2, -0.15) is 0 Å². The van der Waals surface area contributed by atoms with E-state index >= 15 is 0 Å². The maximum absolute atomic E-state index is 13.8. The molecule has 2 aromatic carbocycles. The molecule has 1 saturated heterocycles. The Hall–Kier alpha value is -3.87. The largest absolute Gasteiger partial charge is 0.490 e. The first-order valence-corrected chi connectivity index (χ1v) is 15.6. The van der Waals surface area contributed by atoms with Crippen molar-refractivity contribution in [3.8, 4) is 5.75 Å². The Bertz CT molecular complexity index is 1480. The van der Waals surface area contributed by atoms with Gasteiger partial charge in [0, 0.05) is 22.3 Å². The van der Waals surface area contributed by atoms with E-state index in [2.05, 4.69) is 15.8 Å². The number of benzene rings is 2. The van der Waals surface area contributed by atoms with Crippen LogP contribution < -0.4 is 15.4 Å². The van der Waals surface area contributed by atoms with Gasteiger partial charge in [-0.1, -0.05) is 53.7 Å². The number of amides is 3. The van der Waals surface area contributed by atoms with Gasteiger partial charge in [0.15, 0.2) is 5.76 Å². The van der Waals surface area contributed by atoms with Crippen molar-refractivity contribution in [2.24, 2.45) is 5.92 Å². The molecule has 0 spiro atoms. The van der Waals surface area contributed by atoms with E-state index in [0.717, 1.165) is 5.56 Å². The van der Waals surface area contributed by atoms with Gasteiger partial charge in [-0.3, -0.25) is 14.4 Å². The van der Waals surface area contributed by atoms with Crippen LogP contribution in [-0.4, -0.2) is 73.5 Å². The van der Waals surface area contributed by atoms with Crippen molar-refractivity contribution in [2.75, 3.05) is 12.5 Å². The molecule has 1 fully saturated rings. The molecular weight excluding hydrogens is 584 g/mol. The van der Waals surface area contributed by atoms with Crippen molar-refractivity contribution >= 4 is 29.5 Å². The number of carbonyl (C=O) groups excluding carboxylic acids is 3. The summed E-state index contributed by atoms with van der Waals surface area (Å²) in [4.78, 5) is 42.2. The summed E-state index contributed by atoms with van der Waals surface area (Å²) in [5.41, 5.74) is 2.20. The second kappa shape index (κ2) is 13.4. The van der Waals surface area contributed by atoms with E-state index in [1.807, 2.05) is 50.2 Å². The van der Waals surface area contributed by atoms with Crippen LogP contribution in [0.25, 0.3) is 0 Å². The third-order valence-electron chi connectivity index (χ3n) is 8.03. The van der Waals surface area contributed by atoms with Crippen molar-refractivity contribution in [1.82, 2.24) is 20.7 Å². The van der Waals surface area contributed by atoms with Crippen LogP contribution in [0.2, 0.25) is 0 Å². The zero-order valence-electron chi connectivity index (χ0n) is 24.9. The summed E-state index contributed by atoms with van der Waals surface area (Å²) in [5, 5.41) is 31.6. The first-order valence-electron chi connectivity index (χ1n) is 14.6. The summed E-state index contributed by atoms with van der Waals surface area (Å²) in [6.07, 6.45) is -2.42. The Morgan fingerprint density at radius 2 is 1.86 bits per heavy atom. The van der Waals surface area contributed by atoms with Gasteiger partial charge in [-0.15, -0.1) is 11.8 Å². The number of hydrogen-bond acceptors (Lipinski definition) is 9. The van der Waals surface area contributed by atoms with Crippen molar-refractivity contribution in [3.63, 3.8) is 0 Å². The van der Waals surface area contributed by atoms with Crippen molar-refractivity contribution < 1.29 is 33.9 Å². The van der Waals surface area contributed by atoms with Crippen LogP contribution in [0.5, 0.6) is 5.75 Å². The predicted molar refractivity (Wildman–Crippen MR) is 163 cm³/mol. The lowest BCUT2D eigenvalue weighted by atomic mass is 9.90. The molecule has 3 aromatic rings. The number of para-hydroxylation sites is 1. The van der Waals surface area contributed by atoms with Crippen molar-refractivity contribution in [2.45, 2.75) is 69.2 Å². The van der Waals surface area contributed by atoms with Crippen LogP contribution in [0.1, 0.15) is 48.9 Å². The van der Waals surface area contributed by atoms with Crippen LogP contribution in [0.4, 0.5) is 0 Å². The molecule has 44 heavy (non-hydrogen) atoms. The minimum Gasteiger partial charge on any atom is -0.490 e. The highest BCUT2D eigenvalue weighted by Crippen LogP contribution is 2.40. The molecule has 2 aliphatic rings. The molecule has 1 aromatic heterocycles. The van der Waals surface area contributed by atoms with Gasteiger partial charge in [-0.25, -0.2) is 0 Å². The third kappa shape index (κ3) is 7.09. The maximum atomic E-state index is 13.8. The number of rotatable bonds is 10. The van der Waals surface area contributed by atoms with E-state index in [0.29, 0.717) is 22.8 Å². The van der Waals surface area contributed by atoms with Gasteiger partial charge >= 0.3 is 0 Å². The Labute approximate surface area is 260 Å². The number of nitrogens with zero attached hydrogens (tertiary/aromatic N) is 2. The lowest BCUT2D eigenvalue weighted by Gasteiger charge is -2.33. The van der Waals surface area contributed by atoms with Gasteiger partial charge in [0.2, 0.25) is 11.8 Å². The van der Waals surface area contributed by atoms with Gasteiger partial charge < -0.3 is 35.0 Å². The standard InChI is InChI=1S/C32H38N4O7S/c1-19-13-22(43-35-19)16-33-30(40)28-32(2,3)44-18-36(28)31(41)24(37)15-21(14-20-9-5-4-6-10-20)29(39)34-27-23-11-7-8-12-26(23)42-17-25(27)38/h4-13,21,24-25,27-28,37-38H,14-18H2,1-3H3,(H,33,40)(H,34,39)/t21-,24+,25-,27+,28-/m1/s1. The van der Waals surface area contributed by atoms with E-state index in [1.54, 1.807) is 31.2 Å². The fraction of sp³-hybridized carbons (Fsp3) is 0.438. The summed E-state index contributed by atoms with van der Waals surface area (Å²) in [5.74, 6) is -0.929. The van der Waals surface area contributed by atoms with Crippen LogP contribution >= 0.6 is 11.8 Å². The molecular formula is C32H38N4O7S. The average Bonchev–Trinajstić information content (AvgIpc) is 3.58. The number of thioether (sulfide) groups is 1. The predicted octanol–water partition coefficient (Wildman–Crippen LogP) is 2.50. The number of carbonyl (C=O) groups is 3. The Morgan fingerprint density at radius 1 is 1.14 bits per heavy atom. The van der Waals surface area contributed by atoms with E-state index in [-0.39, 0.29) is 37.8 Å². The number of aromatic nitrogens is 1. The number of ether oxygens (including phenoxy) is 1. The molecule has 234 valence electrons. The molecule has 0 radical (unpaired) electrons. The molecule has 12 heteroatoms. The first kappa shape index (κ1) is 31.6. The minimum absolute atomic E-state index is 0.0222.